The predicted octanol–water partition coefficient (Wildman–Crippen LogP) is 2.68. The quantitative estimate of drug-likeness (QED) is 0.855. The van der Waals surface area contributed by atoms with Crippen LogP contribution in [0.4, 0.5) is 0 Å². The SMILES string of the molecule is Cc1cc(CO)c2ccc3c(c2n1)COC(C)(C)O3. The summed E-state index contributed by atoms with van der Waals surface area (Å²) < 4.78 is 11.5. The second-order valence-corrected chi connectivity index (χ2v) is 5.31. The molecular weight excluding hydrogens is 242 g/mol. The van der Waals surface area contributed by atoms with Crippen molar-refractivity contribution in [3.05, 3.63) is 35.0 Å². The number of fused-ring (bicyclic) bond motifs is 3. The van der Waals surface area contributed by atoms with Crippen LogP contribution in [0.3, 0.4) is 0 Å². The number of aromatic nitrogens is 1. The molecule has 0 saturated carbocycles. The molecule has 4 nitrogen and oxygen atoms in total. The lowest BCUT2D eigenvalue weighted by Gasteiger charge is -2.33. The lowest BCUT2D eigenvalue weighted by atomic mass is 10.0. The Morgan fingerprint density at radius 2 is 2.16 bits per heavy atom. The zero-order chi connectivity index (χ0) is 13.6. The van der Waals surface area contributed by atoms with Crippen LogP contribution in [0.25, 0.3) is 10.9 Å². The van der Waals surface area contributed by atoms with E-state index in [1.54, 1.807) is 0 Å². The van der Waals surface area contributed by atoms with E-state index in [0.29, 0.717) is 6.61 Å². The molecule has 1 aromatic heterocycles. The highest BCUT2D eigenvalue weighted by molar-refractivity contribution is 5.87. The van der Waals surface area contributed by atoms with E-state index in [2.05, 4.69) is 4.98 Å². The molecular formula is C15H17NO3. The molecule has 100 valence electrons. The second kappa shape index (κ2) is 4.18. The molecule has 3 rings (SSSR count). The summed E-state index contributed by atoms with van der Waals surface area (Å²) in [5.41, 5.74) is 3.58. The normalized spacial score (nSPS) is 17.1. The molecule has 4 heteroatoms. The minimum absolute atomic E-state index is 0.00581. The monoisotopic (exact) mass is 259 g/mol. The summed E-state index contributed by atoms with van der Waals surface area (Å²) in [7, 11) is 0. The summed E-state index contributed by atoms with van der Waals surface area (Å²) in [6, 6.07) is 5.79. The van der Waals surface area contributed by atoms with Gasteiger partial charge in [0.15, 0.2) is 0 Å². The molecule has 0 atom stereocenters. The van der Waals surface area contributed by atoms with Gasteiger partial charge in [0.2, 0.25) is 5.79 Å². The number of aryl methyl sites for hydroxylation is 1. The molecule has 0 bridgehead atoms. The third-order valence-electron chi connectivity index (χ3n) is 3.35. The molecule has 0 aliphatic carbocycles. The van der Waals surface area contributed by atoms with Gasteiger partial charge in [0.05, 0.1) is 18.7 Å². The Morgan fingerprint density at radius 1 is 1.37 bits per heavy atom. The highest BCUT2D eigenvalue weighted by Gasteiger charge is 2.29. The fourth-order valence-corrected chi connectivity index (χ4v) is 2.45. The lowest BCUT2D eigenvalue weighted by molar-refractivity contribution is -0.179. The van der Waals surface area contributed by atoms with Crippen LogP contribution in [-0.4, -0.2) is 15.9 Å². The number of aliphatic hydroxyl groups is 1. The zero-order valence-electron chi connectivity index (χ0n) is 11.4. The van der Waals surface area contributed by atoms with E-state index in [4.69, 9.17) is 9.47 Å². The number of hydrogen-bond acceptors (Lipinski definition) is 4. The summed E-state index contributed by atoms with van der Waals surface area (Å²) in [5.74, 6) is 0.204. The van der Waals surface area contributed by atoms with Gasteiger partial charge in [0, 0.05) is 30.5 Å². The van der Waals surface area contributed by atoms with Gasteiger partial charge in [0.25, 0.3) is 0 Å². The predicted molar refractivity (Wildman–Crippen MR) is 71.9 cm³/mol. The van der Waals surface area contributed by atoms with Crippen LogP contribution in [0.5, 0.6) is 5.75 Å². The van der Waals surface area contributed by atoms with Crippen LogP contribution in [-0.2, 0) is 18.0 Å². The third kappa shape index (κ3) is 2.07. The van der Waals surface area contributed by atoms with Gasteiger partial charge in [-0.25, -0.2) is 0 Å². The third-order valence-corrected chi connectivity index (χ3v) is 3.35. The topological polar surface area (TPSA) is 51.6 Å². The number of aliphatic hydroxyl groups excluding tert-OH is 1. The highest BCUT2D eigenvalue weighted by atomic mass is 16.7. The first kappa shape index (κ1) is 12.4. The Bertz CT molecular complexity index is 649. The van der Waals surface area contributed by atoms with Crippen molar-refractivity contribution in [1.82, 2.24) is 4.98 Å². The Kier molecular flexibility index (Phi) is 2.73. The number of ether oxygens (including phenoxy) is 2. The molecule has 19 heavy (non-hydrogen) atoms. The molecule has 1 aromatic carbocycles. The molecule has 0 saturated heterocycles. The van der Waals surface area contributed by atoms with Crippen LogP contribution in [0.2, 0.25) is 0 Å². The molecule has 2 heterocycles. The molecule has 1 aliphatic heterocycles. The molecule has 0 amide bonds. The molecule has 1 aliphatic rings. The van der Waals surface area contributed by atoms with E-state index in [9.17, 15) is 5.11 Å². The van der Waals surface area contributed by atoms with Gasteiger partial charge < -0.3 is 14.6 Å². The van der Waals surface area contributed by atoms with Gasteiger partial charge >= 0.3 is 0 Å². The van der Waals surface area contributed by atoms with Crippen molar-refractivity contribution in [1.29, 1.82) is 0 Å². The highest BCUT2D eigenvalue weighted by Crippen LogP contribution is 2.36. The summed E-state index contributed by atoms with van der Waals surface area (Å²) in [6.45, 7) is 6.19. The van der Waals surface area contributed by atoms with Crippen LogP contribution >= 0.6 is 0 Å². The fraction of sp³-hybridized carbons (Fsp3) is 0.400. The van der Waals surface area contributed by atoms with Gasteiger partial charge in [-0.3, -0.25) is 4.98 Å². The second-order valence-electron chi connectivity index (χ2n) is 5.31. The number of nitrogens with zero attached hydrogens (tertiary/aromatic N) is 1. The molecule has 0 fully saturated rings. The number of hydrogen-bond donors (Lipinski definition) is 1. The van der Waals surface area contributed by atoms with Gasteiger partial charge in [-0.2, -0.15) is 0 Å². The van der Waals surface area contributed by atoms with E-state index in [1.165, 1.54) is 0 Å². The summed E-state index contributed by atoms with van der Waals surface area (Å²) in [4.78, 5) is 4.57. The van der Waals surface area contributed by atoms with Crippen LogP contribution < -0.4 is 4.74 Å². The summed E-state index contributed by atoms with van der Waals surface area (Å²) in [6.07, 6.45) is 0. The van der Waals surface area contributed by atoms with E-state index < -0.39 is 5.79 Å². The standard InChI is InChI=1S/C15H17NO3/c1-9-6-10(7-17)11-4-5-13-12(14(11)16-9)8-18-15(2,3)19-13/h4-6,17H,7-8H2,1-3H3. The van der Waals surface area contributed by atoms with E-state index in [1.807, 2.05) is 39.0 Å². The van der Waals surface area contributed by atoms with Gasteiger partial charge in [-0.05, 0) is 30.7 Å². The average Bonchev–Trinajstić information content (AvgIpc) is 2.35. The first-order chi connectivity index (χ1) is 9.00. The summed E-state index contributed by atoms with van der Waals surface area (Å²) >= 11 is 0. The molecule has 0 radical (unpaired) electrons. The Labute approximate surface area is 112 Å². The molecule has 0 spiro atoms. The van der Waals surface area contributed by atoms with Gasteiger partial charge in [-0.15, -0.1) is 0 Å². The maximum Gasteiger partial charge on any atom is 0.205 e. The Balaban J connectivity index is 2.26. The lowest BCUT2D eigenvalue weighted by Crippen LogP contribution is -2.35. The van der Waals surface area contributed by atoms with Crippen LogP contribution in [0, 0.1) is 6.92 Å². The van der Waals surface area contributed by atoms with Gasteiger partial charge in [-0.1, -0.05) is 0 Å². The van der Waals surface area contributed by atoms with Crippen molar-refractivity contribution < 1.29 is 14.6 Å². The molecule has 1 N–H and O–H groups in total. The van der Waals surface area contributed by atoms with E-state index in [-0.39, 0.29) is 6.61 Å². The molecule has 0 unspecified atom stereocenters. The van der Waals surface area contributed by atoms with E-state index >= 15 is 0 Å². The number of pyridine rings is 1. The Morgan fingerprint density at radius 3 is 2.89 bits per heavy atom. The van der Waals surface area contributed by atoms with Crippen LogP contribution in [0.1, 0.15) is 30.7 Å². The number of rotatable bonds is 1. The van der Waals surface area contributed by atoms with Crippen molar-refractivity contribution in [3.8, 4) is 5.75 Å². The van der Waals surface area contributed by atoms with Crippen molar-refractivity contribution in [2.45, 2.75) is 39.8 Å². The van der Waals surface area contributed by atoms with E-state index in [0.717, 1.165) is 33.5 Å². The minimum atomic E-state index is -0.607. The van der Waals surface area contributed by atoms with Crippen molar-refractivity contribution >= 4 is 10.9 Å². The maximum atomic E-state index is 9.46. The van der Waals surface area contributed by atoms with Crippen LogP contribution in [0.15, 0.2) is 18.2 Å². The first-order valence-electron chi connectivity index (χ1n) is 6.36. The smallest absolute Gasteiger partial charge is 0.205 e. The zero-order valence-corrected chi connectivity index (χ0v) is 11.4. The van der Waals surface area contributed by atoms with Gasteiger partial charge in [0.1, 0.15) is 5.75 Å². The van der Waals surface area contributed by atoms with Crippen molar-refractivity contribution in [2.24, 2.45) is 0 Å². The van der Waals surface area contributed by atoms with Crippen molar-refractivity contribution in [2.75, 3.05) is 0 Å². The fourth-order valence-electron chi connectivity index (χ4n) is 2.45. The molecule has 2 aromatic rings. The number of benzene rings is 1. The maximum absolute atomic E-state index is 9.46. The average molecular weight is 259 g/mol. The Hall–Kier alpha value is -1.65. The minimum Gasteiger partial charge on any atom is -0.463 e. The van der Waals surface area contributed by atoms with Crippen molar-refractivity contribution in [3.63, 3.8) is 0 Å². The largest absolute Gasteiger partial charge is 0.463 e. The summed E-state index contributed by atoms with van der Waals surface area (Å²) in [5, 5.41) is 10.4. The first-order valence-corrected chi connectivity index (χ1v) is 6.36.